The topological polar surface area (TPSA) is 35.0 Å². The smallest absolute Gasteiger partial charge is 0.0981 e. The molecule has 1 saturated carbocycles. The molecule has 3 heteroatoms. The second kappa shape index (κ2) is 5.83. The molecule has 2 aliphatic heterocycles. The van der Waals surface area contributed by atoms with E-state index >= 15 is 0 Å². The summed E-state index contributed by atoms with van der Waals surface area (Å²) in [5.74, 6) is 0.494. The highest BCUT2D eigenvalue weighted by Gasteiger charge is 2.64. The van der Waals surface area contributed by atoms with Gasteiger partial charge in [0.2, 0.25) is 0 Å². The summed E-state index contributed by atoms with van der Waals surface area (Å²) in [5, 5.41) is 10.4. The Morgan fingerprint density at radius 1 is 1.06 bits per heavy atom. The number of hydrogen-bond acceptors (Lipinski definition) is 3. The van der Waals surface area contributed by atoms with E-state index in [1.54, 1.807) is 0 Å². The van der Waals surface area contributed by atoms with Crippen molar-refractivity contribution in [3.05, 3.63) is 77.7 Å². The Kier molecular flexibility index (Phi) is 3.40. The molecule has 7 rings (SSSR count). The average Bonchev–Trinajstić information content (AvgIpc) is 3.28. The van der Waals surface area contributed by atoms with Gasteiger partial charge in [-0.15, -0.1) is 0 Å². The van der Waals surface area contributed by atoms with E-state index in [4.69, 9.17) is 4.74 Å². The van der Waals surface area contributed by atoms with Crippen LogP contribution in [0.15, 0.2) is 72.1 Å². The van der Waals surface area contributed by atoms with E-state index in [1.165, 1.54) is 27.9 Å². The van der Waals surface area contributed by atoms with Crippen LogP contribution in [0.5, 0.6) is 0 Å². The standard InChI is InChI=1S/C28H28N2O/c1-18-3-6-22-14-23-9-10-26(2)24(19-4-5-20-16-29-30-17-21(20)13-19)7-8-25(26)28(23)12-11-27(22,15-18)31-28/h4-5,7,9,13-14,16-17,25H,1,3,6,8,10-12,15H2,2H3/t25-,26-,27-,28?/m1/s1. The van der Waals surface area contributed by atoms with Gasteiger partial charge in [-0.2, -0.15) is 10.2 Å². The van der Waals surface area contributed by atoms with E-state index in [2.05, 4.69) is 60.1 Å². The first-order valence-electron chi connectivity index (χ1n) is 11.7. The van der Waals surface area contributed by atoms with Gasteiger partial charge in [0, 0.05) is 28.5 Å². The van der Waals surface area contributed by atoms with E-state index in [0.29, 0.717) is 5.92 Å². The molecule has 3 heterocycles. The Hall–Kier alpha value is -2.52. The van der Waals surface area contributed by atoms with Gasteiger partial charge >= 0.3 is 0 Å². The lowest BCUT2D eigenvalue weighted by molar-refractivity contribution is -0.123. The molecule has 0 N–H and O–H groups in total. The van der Waals surface area contributed by atoms with Crippen LogP contribution in [0.2, 0.25) is 0 Å². The van der Waals surface area contributed by atoms with Gasteiger partial charge in [-0.3, -0.25) is 0 Å². The molecular formula is C28H28N2O. The Balaban J connectivity index is 1.32. The minimum atomic E-state index is -0.130. The monoisotopic (exact) mass is 408 g/mol. The van der Waals surface area contributed by atoms with Crippen molar-refractivity contribution in [3.63, 3.8) is 0 Å². The van der Waals surface area contributed by atoms with Crippen LogP contribution in [0.25, 0.3) is 16.3 Å². The molecule has 31 heavy (non-hydrogen) atoms. The molecule has 2 spiro atoms. The Labute approximate surface area is 183 Å². The fourth-order valence-electron chi connectivity index (χ4n) is 7.54. The molecule has 156 valence electrons. The van der Waals surface area contributed by atoms with Crippen molar-refractivity contribution in [2.24, 2.45) is 11.3 Å². The van der Waals surface area contributed by atoms with Gasteiger partial charge < -0.3 is 4.74 Å². The van der Waals surface area contributed by atoms with Crippen molar-refractivity contribution in [1.82, 2.24) is 10.2 Å². The number of allylic oxidation sites excluding steroid dienone is 3. The van der Waals surface area contributed by atoms with E-state index in [0.717, 1.165) is 55.7 Å². The summed E-state index contributed by atoms with van der Waals surface area (Å²) in [6, 6.07) is 6.74. The zero-order chi connectivity index (χ0) is 20.8. The number of rotatable bonds is 1. The quantitative estimate of drug-likeness (QED) is 0.517. The minimum absolute atomic E-state index is 0.0741. The van der Waals surface area contributed by atoms with Gasteiger partial charge in [-0.05, 0) is 66.9 Å². The van der Waals surface area contributed by atoms with Crippen LogP contribution in [-0.4, -0.2) is 21.4 Å². The van der Waals surface area contributed by atoms with Gasteiger partial charge in [0.05, 0.1) is 23.6 Å². The molecule has 1 unspecified atom stereocenters. The second-order valence-electron chi connectivity index (χ2n) is 10.6. The van der Waals surface area contributed by atoms with Crippen LogP contribution in [0.1, 0.15) is 57.4 Å². The fourth-order valence-corrected chi connectivity index (χ4v) is 7.54. The third-order valence-electron chi connectivity index (χ3n) is 9.07. The number of hydrogen-bond donors (Lipinski definition) is 0. The van der Waals surface area contributed by atoms with Gasteiger partial charge in [-0.25, -0.2) is 0 Å². The normalized spacial score (nSPS) is 38.2. The molecule has 3 nitrogen and oxygen atoms in total. The maximum atomic E-state index is 7.24. The van der Waals surface area contributed by atoms with Crippen LogP contribution in [0.3, 0.4) is 0 Å². The molecule has 2 fully saturated rings. The van der Waals surface area contributed by atoms with Crippen molar-refractivity contribution in [3.8, 4) is 0 Å². The summed E-state index contributed by atoms with van der Waals surface area (Å²) in [5.41, 5.74) is 7.06. The highest BCUT2D eigenvalue weighted by molar-refractivity contribution is 5.86. The lowest BCUT2D eigenvalue weighted by Gasteiger charge is -2.53. The number of fused-ring (bicyclic) bond motifs is 2. The van der Waals surface area contributed by atoms with E-state index in [-0.39, 0.29) is 16.6 Å². The molecule has 2 aromatic rings. The number of ether oxygens (including phenoxy) is 1. The summed E-state index contributed by atoms with van der Waals surface area (Å²) in [6.45, 7) is 6.81. The van der Waals surface area contributed by atoms with Gasteiger partial charge in [0.25, 0.3) is 0 Å². The van der Waals surface area contributed by atoms with Crippen molar-refractivity contribution in [1.29, 1.82) is 0 Å². The minimum Gasteiger partial charge on any atom is -0.359 e. The summed E-state index contributed by atoms with van der Waals surface area (Å²) < 4.78 is 7.24. The first kappa shape index (κ1) is 18.1. The number of nitrogens with zero attached hydrogens (tertiary/aromatic N) is 2. The molecule has 0 radical (unpaired) electrons. The first-order chi connectivity index (χ1) is 15.0. The Bertz CT molecular complexity index is 1250. The molecule has 3 aliphatic carbocycles. The number of benzene rings is 1. The van der Waals surface area contributed by atoms with Crippen LogP contribution < -0.4 is 0 Å². The summed E-state index contributed by atoms with van der Waals surface area (Å²) in [7, 11) is 0. The maximum Gasteiger partial charge on any atom is 0.0981 e. The molecule has 4 atom stereocenters. The Morgan fingerprint density at radius 3 is 2.84 bits per heavy atom. The van der Waals surface area contributed by atoms with Crippen molar-refractivity contribution in [2.45, 2.75) is 63.1 Å². The zero-order valence-corrected chi connectivity index (χ0v) is 18.2. The van der Waals surface area contributed by atoms with Crippen molar-refractivity contribution < 1.29 is 4.74 Å². The molecule has 0 amide bonds. The van der Waals surface area contributed by atoms with E-state index in [1.807, 2.05) is 12.4 Å². The van der Waals surface area contributed by atoms with Crippen molar-refractivity contribution in [2.75, 3.05) is 0 Å². The highest BCUT2D eigenvalue weighted by Crippen LogP contribution is 2.67. The number of aromatic nitrogens is 2. The largest absolute Gasteiger partial charge is 0.359 e. The van der Waals surface area contributed by atoms with Crippen LogP contribution in [0.4, 0.5) is 0 Å². The van der Waals surface area contributed by atoms with Gasteiger partial charge in [0.15, 0.2) is 0 Å². The van der Waals surface area contributed by atoms with Crippen molar-refractivity contribution >= 4 is 16.3 Å². The second-order valence-corrected chi connectivity index (χ2v) is 10.6. The van der Waals surface area contributed by atoms with Crippen LogP contribution >= 0.6 is 0 Å². The zero-order valence-electron chi connectivity index (χ0n) is 18.2. The summed E-state index contributed by atoms with van der Waals surface area (Å²) in [6.07, 6.45) is 19.0. The van der Waals surface area contributed by atoms with Gasteiger partial charge in [0.1, 0.15) is 0 Å². The molecule has 2 bridgehead atoms. The SMILES string of the molecule is C=C1CCC2=CC3=CC[C@]4(C)C(c5ccc6cnncc6c5)=CC[C@H]4C34CC[C@]2(C1)O4. The Morgan fingerprint density at radius 2 is 1.94 bits per heavy atom. The van der Waals surface area contributed by atoms with E-state index in [9.17, 15) is 0 Å². The third kappa shape index (κ3) is 2.23. The summed E-state index contributed by atoms with van der Waals surface area (Å²) in [4.78, 5) is 0. The third-order valence-corrected chi connectivity index (χ3v) is 9.07. The van der Waals surface area contributed by atoms with E-state index < -0.39 is 0 Å². The predicted octanol–water partition coefficient (Wildman–Crippen LogP) is 6.34. The highest BCUT2D eigenvalue weighted by atomic mass is 16.5. The maximum absolute atomic E-state index is 7.24. The molecule has 1 aromatic heterocycles. The van der Waals surface area contributed by atoms with Crippen LogP contribution in [0, 0.1) is 11.3 Å². The van der Waals surface area contributed by atoms with Gasteiger partial charge in [-0.1, -0.05) is 49.4 Å². The first-order valence-corrected chi connectivity index (χ1v) is 11.7. The lowest BCUT2D eigenvalue weighted by atomic mass is 9.58. The summed E-state index contributed by atoms with van der Waals surface area (Å²) >= 11 is 0. The molecule has 1 saturated heterocycles. The fraction of sp³-hybridized carbons (Fsp3) is 0.429. The molecular weight excluding hydrogens is 380 g/mol. The average molecular weight is 409 g/mol. The molecule has 1 aromatic carbocycles. The van der Waals surface area contributed by atoms with Crippen LogP contribution in [-0.2, 0) is 4.74 Å². The predicted molar refractivity (Wildman–Crippen MR) is 123 cm³/mol. The molecule has 5 aliphatic rings. The lowest BCUT2D eigenvalue weighted by Crippen LogP contribution is -2.53.